The largest absolute Gasteiger partial charge is 0.306 e. The van der Waals surface area contributed by atoms with E-state index in [0.717, 1.165) is 11.3 Å². The highest BCUT2D eigenvalue weighted by molar-refractivity contribution is 5.02. The summed E-state index contributed by atoms with van der Waals surface area (Å²) < 4.78 is 0. The monoisotopic (exact) mass is 181 g/mol. The van der Waals surface area contributed by atoms with E-state index >= 15 is 0 Å². The van der Waals surface area contributed by atoms with Crippen LogP contribution in [0.3, 0.4) is 0 Å². The maximum Gasteiger partial charge on any atom is 0.00356 e. The Morgan fingerprint density at radius 1 is 1.23 bits per heavy atom. The summed E-state index contributed by atoms with van der Waals surface area (Å²) >= 11 is 0. The van der Waals surface area contributed by atoms with E-state index in [0.29, 0.717) is 5.41 Å². The lowest BCUT2D eigenvalue weighted by molar-refractivity contribution is -0.00428. The van der Waals surface area contributed by atoms with Crippen LogP contribution in [0.2, 0.25) is 0 Å². The Bertz CT molecular complexity index is 196. The van der Waals surface area contributed by atoms with Gasteiger partial charge in [-0.1, -0.05) is 20.8 Å². The van der Waals surface area contributed by atoms with Crippen LogP contribution in [-0.4, -0.2) is 25.0 Å². The summed E-state index contributed by atoms with van der Waals surface area (Å²) in [6.45, 7) is 9.87. The molecule has 0 aromatic carbocycles. The Morgan fingerprint density at radius 2 is 1.85 bits per heavy atom. The molecule has 0 atom stereocenters. The van der Waals surface area contributed by atoms with Crippen molar-refractivity contribution in [1.29, 1.82) is 0 Å². The van der Waals surface area contributed by atoms with Crippen molar-refractivity contribution < 1.29 is 0 Å². The topological polar surface area (TPSA) is 3.24 Å². The molecule has 2 fully saturated rings. The van der Waals surface area contributed by atoms with Gasteiger partial charge in [-0.25, -0.2) is 0 Å². The van der Waals surface area contributed by atoms with Crippen LogP contribution in [0.1, 0.15) is 40.0 Å². The van der Waals surface area contributed by atoms with Gasteiger partial charge in [-0.15, -0.1) is 0 Å². The number of likely N-dealkylation sites (tertiary alicyclic amines) is 1. The Labute approximate surface area is 82.5 Å². The molecule has 2 aliphatic rings. The minimum absolute atomic E-state index is 0.548. The van der Waals surface area contributed by atoms with Crippen molar-refractivity contribution in [3.63, 3.8) is 0 Å². The van der Waals surface area contributed by atoms with E-state index in [4.69, 9.17) is 0 Å². The van der Waals surface area contributed by atoms with Gasteiger partial charge in [0.05, 0.1) is 0 Å². The number of hydrogen-bond donors (Lipinski definition) is 0. The SMILES string of the molecule is CN1CCC2(CC(C(C)(C)C)C2)C1. The van der Waals surface area contributed by atoms with E-state index in [1.54, 1.807) is 0 Å². The maximum atomic E-state index is 2.50. The van der Waals surface area contributed by atoms with Crippen LogP contribution < -0.4 is 0 Å². The lowest BCUT2D eigenvalue weighted by atomic mass is 9.54. The molecule has 1 saturated heterocycles. The highest BCUT2D eigenvalue weighted by Gasteiger charge is 2.50. The van der Waals surface area contributed by atoms with Gasteiger partial charge in [-0.3, -0.25) is 0 Å². The molecule has 0 aromatic heterocycles. The molecular weight excluding hydrogens is 158 g/mol. The molecule has 1 heterocycles. The Hall–Kier alpha value is -0.0400. The Kier molecular flexibility index (Phi) is 1.99. The van der Waals surface area contributed by atoms with Crippen molar-refractivity contribution in [2.24, 2.45) is 16.7 Å². The first-order chi connectivity index (χ1) is 5.91. The zero-order valence-corrected chi connectivity index (χ0v) is 9.56. The van der Waals surface area contributed by atoms with Crippen LogP contribution in [0.15, 0.2) is 0 Å². The second-order valence-corrected chi connectivity index (χ2v) is 6.46. The highest BCUT2D eigenvalue weighted by atomic mass is 15.1. The number of hydrogen-bond acceptors (Lipinski definition) is 1. The summed E-state index contributed by atoms with van der Waals surface area (Å²) in [5.41, 5.74) is 1.29. The summed E-state index contributed by atoms with van der Waals surface area (Å²) in [5, 5.41) is 0. The molecule has 1 heteroatoms. The first-order valence-corrected chi connectivity index (χ1v) is 5.60. The van der Waals surface area contributed by atoms with Crippen LogP contribution >= 0.6 is 0 Å². The van der Waals surface area contributed by atoms with Gasteiger partial charge in [0, 0.05) is 6.54 Å². The summed E-state index contributed by atoms with van der Waals surface area (Å²) in [6.07, 6.45) is 4.43. The van der Waals surface area contributed by atoms with Gasteiger partial charge in [-0.2, -0.15) is 0 Å². The lowest BCUT2D eigenvalue weighted by Gasteiger charge is -2.51. The van der Waals surface area contributed by atoms with E-state index in [1.807, 2.05) is 0 Å². The predicted molar refractivity (Wildman–Crippen MR) is 56.7 cm³/mol. The van der Waals surface area contributed by atoms with Crippen molar-refractivity contribution in [3.8, 4) is 0 Å². The standard InChI is InChI=1S/C12H23N/c1-11(2,3)10-7-12(8-10)5-6-13(4)9-12/h10H,5-9H2,1-4H3. The first kappa shape index (κ1) is 9.51. The maximum absolute atomic E-state index is 2.50. The fourth-order valence-electron chi connectivity index (χ4n) is 3.09. The normalized spacial score (nSPS) is 41.1. The molecule has 0 unspecified atom stereocenters. The van der Waals surface area contributed by atoms with Crippen LogP contribution in [0.25, 0.3) is 0 Å². The van der Waals surface area contributed by atoms with Crippen molar-refractivity contribution in [2.75, 3.05) is 20.1 Å². The molecule has 0 aromatic rings. The van der Waals surface area contributed by atoms with Gasteiger partial charge in [0.1, 0.15) is 0 Å². The molecule has 1 spiro atoms. The quantitative estimate of drug-likeness (QED) is 0.555. The fraction of sp³-hybridized carbons (Fsp3) is 1.00. The second-order valence-electron chi connectivity index (χ2n) is 6.46. The molecule has 0 amide bonds. The van der Waals surface area contributed by atoms with Gasteiger partial charge in [0.25, 0.3) is 0 Å². The van der Waals surface area contributed by atoms with Gasteiger partial charge >= 0.3 is 0 Å². The third-order valence-electron chi connectivity index (χ3n) is 4.21. The average molecular weight is 181 g/mol. The van der Waals surface area contributed by atoms with Crippen molar-refractivity contribution in [2.45, 2.75) is 40.0 Å². The third-order valence-corrected chi connectivity index (χ3v) is 4.21. The molecule has 1 saturated carbocycles. The molecule has 76 valence electrons. The molecule has 0 N–H and O–H groups in total. The Balaban J connectivity index is 1.91. The first-order valence-electron chi connectivity index (χ1n) is 5.60. The molecular formula is C12H23N. The van der Waals surface area contributed by atoms with E-state index in [9.17, 15) is 0 Å². The Morgan fingerprint density at radius 3 is 2.23 bits per heavy atom. The number of nitrogens with zero attached hydrogens (tertiary/aromatic N) is 1. The van der Waals surface area contributed by atoms with Gasteiger partial charge in [0.15, 0.2) is 0 Å². The fourth-order valence-corrected chi connectivity index (χ4v) is 3.09. The van der Waals surface area contributed by atoms with Crippen LogP contribution in [0, 0.1) is 16.7 Å². The molecule has 0 bridgehead atoms. The summed E-state index contributed by atoms with van der Waals surface area (Å²) in [5.74, 6) is 0.985. The molecule has 13 heavy (non-hydrogen) atoms. The van der Waals surface area contributed by atoms with Crippen molar-refractivity contribution >= 4 is 0 Å². The summed E-state index contributed by atoms with van der Waals surface area (Å²) in [6, 6.07) is 0. The van der Waals surface area contributed by atoms with Crippen molar-refractivity contribution in [3.05, 3.63) is 0 Å². The predicted octanol–water partition coefficient (Wildman–Crippen LogP) is 2.76. The van der Waals surface area contributed by atoms with E-state index in [2.05, 4.69) is 32.7 Å². The number of rotatable bonds is 0. The van der Waals surface area contributed by atoms with E-state index < -0.39 is 0 Å². The zero-order valence-electron chi connectivity index (χ0n) is 9.56. The zero-order chi connectivity index (χ0) is 9.69. The minimum atomic E-state index is 0.548. The van der Waals surface area contributed by atoms with Crippen LogP contribution in [0.5, 0.6) is 0 Å². The van der Waals surface area contributed by atoms with Crippen LogP contribution in [0.4, 0.5) is 0 Å². The second kappa shape index (κ2) is 2.73. The van der Waals surface area contributed by atoms with Gasteiger partial charge in [-0.05, 0) is 49.6 Å². The molecule has 0 radical (unpaired) electrons. The summed E-state index contributed by atoms with van der Waals surface area (Å²) in [7, 11) is 2.26. The average Bonchev–Trinajstić information content (AvgIpc) is 2.25. The van der Waals surface area contributed by atoms with Crippen LogP contribution in [-0.2, 0) is 0 Å². The minimum Gasteiger partial charge on any atom is -0.306 e. The molecule has 2 rings (SSSR count). The molecule has 1 nitrogen and oxygen atoms in total. The van der Waals surface area contributed by atoms with E-state index in [1.165, 1.54) is 32.4 Å². The van der Waals surface area contributed by atoms with Gasteiger partial charge < -0.3 is 4.90 Å². The molecule has 1 aliphatic carbocycles. The molecule has 1 aliphatic heterocycles. The smallest absolute Gasteiger partial charge is 0.00356 e. The third kappa shape index (κ3) is 1.63. The summed E-state index contributed by atoms with van der Waals surface area (Å²) in [4.78, 5) is 2.50. The lowest BCUT2D eigenvalue weighted by Crippen LogP contribution is -2.44. The van der Waals surface area contributed by atoms with Crippen molar-refractivity contribution in [1.82, 2.24) is 4.90 Å². The van der Waals surface area contributed by atoms with Gasteiger partial charge in [0.2, 0.25) is 0 Å². The highest BCUT2D eigenvalue weighted by Crippen LogP contribution is 2.56. The van der Waals surface area contributed by atoms with E-state index in [-0.39, 0.29) is 0 Å².